The van der Waals surface area contributed by atoms with Crippen molar-refractivity contribution in [3.63, 3.8) is 0 Å². The van der Waals surface area contributed by atoms with Gasteiger partial charge in [-0.2, -0.15) is 0 Å². The summed E-state index contributed by atoms with van der Waals surface area (Å²) in [5.41, 5.74) is 1.18. The molecule has 3 rings (SSSR count). The minimum absolute atomic E-state index is 0.0857. The maximum atomic E-state index is 13.0. The molecule has 1 aromatic carbocycles. The topological polar surface area (TPSA) is 42.4 Å². The quantitative estimate of drug-likeness (QED) is 0.873. The van der Waals surface area contributed by atoms with Gasteiger partial charge < -0.3 is 9.64 Å². The Morgan fingerprint density at radius 1 is 1.36 bits per heavy atom. The summed E-state index contributed by atoms with van der Waals surface area (Å²) in [6.07, 6.45) is -0.0857. The lowest BCUT2D eigenvalue weighted by atomic mass is 10.1. The van der Waals surface area contributed by atoms with Crippen molar-refractivity contribution < 1.29 is 13.9 Å². The lowest BCUT2D eigenvalue weighted by molar-refractivity contribution is 0.0159. The van der Waals surface area contributed by atoms with Crippen LogP contribution in [-0.4, -0.2) is 35.0 Å². The highest BCUT2D eigenvalue weighted by Gasteiger charge is 2.33. The number of nitrogens with zero attached hydrogens (tertiary/aromatic N) is 2. The fraction of sp³-hybridized carbons (Fsp3) is 0.250. The highest BCUT2D eigenvalue weighted by molar-refractivity contribution is 6.33. The number of carbonyl (C=O) groups is 1. The van der Waals surface area contributed by atoms with Crippen molar-refractivity contribution in [1.29, 1.82) is 0 Å². The smallest absolute Gasteiger partial charge is 0.255 e. The van der Waals surface area contributed by atoms with E-state index in [1.54, 1.807) is 11.0 Å². The predicted molar refractivity (Wildman–Crippen MR) is 80.7 cm³/mol. The van der Waals surface area contributed by atoms with Gasteiger partial charge in [-0.3, -0.25) is 4.79 Å². The molecular weight excluding hydrogens is 307 g/mol. The number of aromatic nitrogens is 1. The second kappa shape index (κ2) is 5.93. The average Bonchev–Trinajstić information content (AvgIpc) is 2.42. The molecule has 0 spiro atoms. The van der Waals surface area contributed by atoms with Crippen molar-refractivity contribution in [2.24, 2.45) is 0 Å². The van der Waals surface area contributed by atoms with Gasteiger partial charge in [-0.1, -0.05) is 17.7 Å². The normalized spacial score (nSPS) is 14.6. The molecule has 114 valence electrons. The Morgan fingerprint density at radius 2 is 2.14 bits per heavy atom. The molecule has 0 saturated carbocycles. The number of hydrogen-bond donors (Lipinski definition) is 0. The van der Waals surface area contributed by atoms with Crippen LogP contribution in [0.25, 0.3) is 0 Å². The highest BCUT2D eigenvalue weighted by Crippen LogP contribution is 2.23. The summed E-state index contributed by atoms with van der Waals surface area (Å²) in [5.74, 6) is -0.129. The number of pyridine rings is 1. The first-order valence-electron chi connectivity index (χ1n) is 6.87. The SMILES string of the molecule is Cc1cccc(OC2CN(C(=O)c3ccc(F)cc3Cl)C2)n1. The van der Waals surface area contributed by atoms with E-state index in [2.05, 4.69) is 4.98 Å². The lowest BCUT2D eigenvalue weighted by Crippen LogP contribution is -2.56. The Kier molecular flexibility index (Phi) is 3.98. The molecule has 0 aliphatic carbocycles. The Hall–Kier alpha value is -2.14. The van der Waals surface area contributed by atoms with E-state index >= 15 is 0 Å². The van der Waals surface area contributed by atoms with Crippen LogP contribution in [0.1, 0.15) is 16.1 Å². The molecule has 2 heterocycles. The number of halogens is 2. The van der Waals surface area contributed by atoms with Gasteiger partial charge in [0.05, 0.1) is 23.7 Å². The van der Waals surface area contributed by atoms with E-state index in [0.29, 0.717) is 24.5 Å². The minimum Gasteiger partial charge on any atom is -0.471 e. The second-order valence-electron chi connectivity index (χ2n) is 5.19. The summed E-state index contributed by atoms with van der Waals surface area (Å²) in [4.78, 5) is 18.1. The van der Waals surface area contributed by atoms with Gasteiger partial charge in [0.1, 0.15) is 11.9 Å². The number of benzene rings is 1. The van der Waals surface area contributed by atoms with Crippen LogP contribution in [0.2, 0.25) is 5.02 Å². The standard InChI is InChI=1S/C16H14ClFN2O2/c1-10-3-2-4-15(19-10)22-12-8-20(9-12)16(21)13-6-5-11(18)7-14(13)17/h2-7,12H,8-9H2,1H3. The van der Waals surface area contributed by atoms with E-state index in [9.17, 15) is 9.18 Å². The monoisotopic (exact) mass is 320 g/mol. The number of hydrogen-bond acceptors (Lipinski definition) is 3. The summed E-state index contributed by atoms with van der Waals surface area (Å²) >= 11 is 5.90. The summed E-state index contributed by atoms with van der Waals surface area (Å²) in [7, 11) is 0. The molecule has 1 saturated heterocycles. The molecule has 0 atom stereocenters. The number of carbonyl (C=O) groups excluding carboxylic acids is 1. The first-order valence-corrected chi connectivity index (χ1v) is 7.25. The summed E-state index contributed by atoms with van der Waals surface area (Å²) in [6.45, 7) is 2.81. The van der Waals surface area contributed by atoms with Crippen molar-refractivity contribution in [1.82, 2.24) is 9.88 Å². The third kappa shape index (κ3) is 3.04. The van der Waals surface area contributed by atoms with Gasteiger partial charge in [0.15, 0.2) is 0 Å². The summed E-state index contributed by atoms with van der Waals surface area (Å²) < 4.78 is 18.7. The van der Waals surface area contributed by atoms with Gasteiger partial charge >= 0.3 is 0 Å². The molecule has 0 N–H and O–H groups in total. The van der Waals surface area contributed by atoms with Crippen molar-refractivity contribution >= 4 is 17.5 Å². The first-order chi connectivity index (χ1) is 10.5. The van der Waals surface area contributed by atoms with Gasteiger partial charge in [-0.05, 0) is 31.2 Å². The predicted octanol–water partition coefficient (Wildman–Crippen LogP) is 3.09. The van der Waals surface area contributed by atoms with E-state index in [0.717, 1.165) is 11.8 Å². The molecule has 0 unspecified atom stereocenters. The largest absolute Gasteiger partial charge is 0.471 e. The fourth-order valence-corrected chi connectivity index (χ4v) is 2.51. The first kappa shape index (κ1) is 14.8. The lowest BCUT2D eigenvalue weighted by Gasteiger charge is -2.38. The maximum Gasteiger partial charge on any atom is 0.255 e. The number of likely N-dealkylation sites (tertiary alicyclic amines) is 1. The van der Waals surface area contributed by atoms with Crippen molar-refractivity contribution in [3.05, 3.63) is 58.5 Å². The Morgan fingerprint density at radius 3 is 2.82 bits per heavy atom. The van der Waals surface area contributed by atoms with E-state index < -0.39 is 5.82 Å². The molecule has 22 heavy (non-hydrogen) atoms. The van der Waals surface area contributed by atoms with E-state index in [1.165, 1.54) is 12.1 Å². The Balaban J connectivity index is 1.60. The zero-order chi connectivity index (χ0) is 15.7. The third-order valence-electron chi connectivity index (χ3n) is 3.45. The molecule has 1 aliphatic rings. The van der Waals surface area contributed by atoms with Crippen LogP contribution in [0, 0.1) is 12.7 Å². The number of ether oxygens (including phenoxy) is 1. The number of aryl methyl sites for hydroxylation is 1. The maximum absolute atomic E-state index is 13.0. The van der Waals surface area contributed by atoms with Crippen LogP contribution in [-0.2, 0) is 0 Å². The van der Waals surface area contributed by atoms with Gasteiger partial charge in [-0.15, -0.1) is 0 Å². The molecular formula is C16H14ClFN2O2. The van der Waals surface area contributed by atoms with Gasteiger partial charge in [-0.25, -0.2) is 9.37 Å². The molecule has 6 heteroatoms. The van der Waals surface area contributed by atoms with Crippen LogP contribution in [0.4, 0.5) is 4.39 Å². The molecule has 2 aromatic rings. The van der Waals surface area contributed by atoms with Crippen LogP contribution in [0.3, 0.4) is 0 Å². The van der Waals surface area contributed by atoms with E-state index in [1.807, 2.05) is 19.1 Å². The van der Waals surface area contributed by atoms with Gasteiger partial charge in [0.2, 0.25) is 5.88 Å². The fourth-order valence-electron chi connectivity index (χ4n) is 2.27. The summed E-state index contributed by atoms with van der Waals surface area (Å²) in [5, 5.41) is 0.120. The average molecular weight is 321 g/mol. The molecule has 1 aromatic heterocycles. The molecule has 1 amide bonds. The van der Waals surface area contributed by atoms with E-state index in [-0.39, 0.29) is 17.0 Å². The second-order valence-corrected chi connectivity index (χ2v) is 5.60. The Bertz CT molecular complexity index is 717. The number of amides is 1. The molecule has 1 aliphatic heterocycles. The van der Waals surface area contributed by atoms with Crippen LogP contribution in [0.5, 0.6) is 5.88 Å². The minimum atomic E-state index is -0.461. The van der Waals surface area contributed by atoms with Crippen LogP contribution >= 0.6 is 11.6 Å². The van der Waals surface area contributed by atoms with Crippen LogP contribution in [0.15, 0.2) is 36.4 Å². The van der Waals surface area contributed by atoms with Crippen LogP contribution < -0.4 is 4.74 Å². The Labute approximate surface area is 132 Å². The molecule has 1 fully saturated rings. The summed E-state index contributed by atoms with van der Waals surface area (Å²) in [6, 6.07) is 9.31. The zero-order valence-corrected chi connectivity index (χ0v) is 12.7. The van der Waals surface area contributed by atoms with Gasteiger partial charge in [0, 0.05) is 11.8 Å². The van der Waals surface area contributed by atoms with Crippen molar-refractivity contribution in [2.45, 2.75) is 13.0 Å². The molecule has 0 bridgehead atoms. The van der Waals surface area contributed by atoms with Crippen molar-refractivity contribution in [2.75, 3.05) is 13.1 Å². The zero-order valence-electron chi connectivity index (χ0n) is 11.9. The number of rotatable bonds is 3. The molecule has 4 nitrogen and oxygen atoms in total. The third-order valence-corrected chi connectivity index (χ3v) is 3.76. The van der Waals surface area contributed by atoms with E-state index in [4.69, 9.17) is 16.3 Å². The van der Waals surface area contributed by atoms with Crippen molar-refractivity contribution in [3.8, 4) is 5.88 Å². The van der Waals surface area contributed by atoms with Gasteiger partial charge in [0.25, 0.3) is 5.91 Å². The highest BCUT2D eigenvalue weighted by atomic mass is 35.5. The molecule has 0 radical (unpaired) electrons.